The number of nitrogens with one attached hydrogen (secondary N) is 1. The van der Waals surface area contributed by atoms with Crippen molar-refractivity contribution < 1.29 is 32.2 Å². The third kappa shape index (κ3) is 5.65. The number of hydrogen-bond donors (Lipinski definition) is 1. The predicted octanol–water partition coefficient (Wildman–Crippen LogP) is 2.80. The van der Waals surface area contributed by atoms with Crippen LogP contribution in [0.4, 0.5) is 35.4 Å². The molecule has 13 heteroatoms. The van der Waals surface area contributed by atoms with E-state index >= 15 is 0 Å². The first-order chi connectivity index (χ1) is 16.3. The molecule has 2 aromatic heterocycles. The Morgan fingerprint density at radius 3 is 2.09 bits per heavy atom. The number of morpholine rings is 2. The minimum Gasteiger partial charge on any atom is -0.450 e. The number of halogens is 3. The number of aromatic nitrogens is 3. The molecule has 2 aliphatic heterocycles. The Hall–Kier alpha value is -3.19. The molecule has 1 amide bonds. The van der Waals surface area contributed by atoms with Gasteiger partial charge in [-0.05, 0) is 13.0 Å². The first kappa shape index (κ1) is 24.0. The summed E-state index contributed by atoms with van der Waals surface area (Å²) in [5, 5.41) is 2.20. The van der Waals surface area contributed by atoms with Crippen molar-refractivity contribution in [1.82, 2.24) is 15.0 Å². The van der Waals surface area contributed by atoms with Crippen molar-refractivity contribution in [3.63, 3.8) is 0 Å². The topological polar surface area (TPSA) is 102 Å². The summed E-state index contributed by atoms with van der Waals surface area (Å²) in [6.45, 7) is 5.89. The first-order valence-corrected chi connectivity index (χ1v) is 10.9. The zero-order valence-electron chi connectivity index (χ0n) is 18.6. The number of amides is 1. The van der Waals surface area contributed by atoms with Crippen LogP contribution in [0.1, 0.15) is 12.5 Å². The Morgan fingerprint density at radius 2 is 1.59 bits per heavy atom. The Morgan fingerprint density at radius 1 is 1.03 bits per heavy atom. The van der Waals surface area contributed by atoms with E-state index < -0.39 is 17.8 Å². The number of nitrogens with zero attached hydrogens (tertiary/aromatic N) is 5. The zero-order valence-corrected chi connectivity index (χ0v) is 18.6. The van der Waals surface area contributed by atoms with Gasteiger partial charge in [-0.2, -0.15) is 13.2 Å². The Kier molecular flexibility index (Phi) is 7.32. The first-order valence-electron chi connectivity index (χ1n) is 10.9. The van der Waals surface area contributed by atoms with Crippen molar-refractivity contribution in [3.05, 3.63) is 23.9 Å². The van der Waals surface area contributed by atoms with Gasteiger partial charge in [-0.1, -0.05) is 0 Å². The van der Waals surface area contributed by atoms with Gasteiger partial charge in [0.05, 0.1) is 44.2 Å². The highest BCUT2D eigenvalue weighted by molar-refractivity contribution is 5.84. The van der Waals surface area contributed by atoms with Gasteiger partial charge >= 0.3 is 12.3 Å². The average Bonchev–Trinajstić information content (AvgIpc) is 2.84. The number of carbonyl (C=O) groups excluding carboxylic acids is 1. The molecule has 0 aromatic carbocycles. The summed E-state index contributed by atoms with van der Waals surface area (Å²) < 4.78 is 57.6. The van der Waals surface area contributed by atoms with E-state index in [1.165, 1.54) is 0 Å². The van der Waals surface area contributed by atoms with Gasteiger partial charge in [-0.3, -0.25) is 5.32 Å². The zero-order chi connectivity index (χ0) is 24.1. The van der Waals surface area contributed by atoms with E-state index in [1.807, 2.05) is 9.80 Å². The van der Waals surface area contributed by atoms with E-state index in [-0.39, 0.29) is 23.8 Å². The molecule has 0 bridgehead atoms. The molecule has 4 rings (SSSR count). The minimum atomic E-state index is -4.74. The molecule has 4 heterocycles. The molecule has 184 valence electrons. The molecule has 0 unspecified atom stereocenters. The molecular formula is C21H25F3N6O4. The molecule has 0 aliphatic carbocycles. The summed E-state index contributed by atoms with van der Waals surface area (Å²) in [6.07, 6.45) is -4.61. The molecule has 34 heavy (non-hydrogen) atoms. The lowest BCUT2D eigenvalue weighted by atomic mass is 10.1. The second-order valence-electron chi connectivity index (χ2n) is 7.57. The van der Waals surface area contributed by atoms with Gasteiger partial charge in [0.2, 0.25) is 0 Å². The smallest absolute Gasteiger partial charge is 0.417 e. The number of hydrogen-bond acceptors (Lipinski definition) is 9. The van der Waals surface area contributed by atoms with Crippen LogP contribution in [0.15, 0.2) is 18.3 Å². The SMILES string of the molecule is CCOC(=O)Nc1cc(C(F)(F)F)c(-c2nc(N3CCOCC3)cc(N3CCOCC3)n2)cn1. The highest BCUT2D eigenvalue weighted by atomic mass is 19.4. The van der Waals surface area contributed by atoms with E-state index in [9.17, 15) is 18.0 Å². The van der Waals surface area contributed by atoms with Gasteiger partial charge in [-0.15, -0.1) is 0 Å². The van der Waals surface area contributed by atoms with Gasteiger partial charge < -0.3 is 24.0 Å². The second kappa shape index (κ2) is 10.4. The second-order valence-corrected chi connectivity index (χ2v) is 7.57. The van der Waals surface area contributed by atoms with Crippen LogP contribution in [0.3, 0.4) is 0 Å². The van der Waals surface area contributed by atoms with Gasteiger partial charge in [-0.25, -0.2) is 19.7 Å². The van der Waals surface area contributed by atoms with Crippen LogP contribution >= 0.6 is 0 Å². The highest BCUT2D eigenvalue weighted by Gasteiger charge is 2.36. The Bertz CT molecular complexity index is 974. The van der Waals surface area contributed by atoms with Gasteiger partial charge in [0, 0.05) is 38.4 Å². The maximum atomic E-state index is 14.0. The fourth-order valence-electron chi connectivity index (χ4n) is 3.66. The summed E-state index contributed by atoms with van der Waals surface area (Å²) in [6, 6.07) is 2.53. The normalized spacial score (nSPS) is 16.9. The molecule has 0 atom stereocenters. The molecule has 0 saturated carbocycles. The molecule has 0 spiro atoms. The van der Waals surface area contributed by atoms with Crippen LogP contribution in [-0.4, -0.2) is 80.3 Å². The van der Waals surface area contributed by atoms with E-state index in [0.717, 1.165) is 12.3 Å². The van der Waals surface area contributed by atoms with E-state index in [0.29, 0.717) is 64.2 Å². The van der Waals surface area contributed by atoms with Crippen LogP contribution in [0.25, 0.3) is 11.4 Å². The summed E-state index contributed by atoms with van der Waals surface area (Å²) in [5.41, 5.74) is -1.30. The Labute approximate surface area is 194 Å². The fraction of sp³-hybridized carbons (Fsp3) is 0.524. The number of anilines is 3. The third-order valence-electron chi connectivity index (χ3n) is 5.33. The average molecular weight is 482 g/mol. The molecule has 0 radical (unpaired) electrons. The van der Waals surface area contributed by atoms with Crippen molar-refractivity contribution in [2.45, 2.75) is 13.1 Å². The lowest BCUT2D eigenvalue weighted by molar-refractivity contribution is -0.137. The third-order valence-corrected chi connectivity index (χ3v) is 5.33. The van der Waals surface area contributed by atoms with Gasteiger partial charge in [0.25, 0.3) is 0 Å². The van der Waals surface area contributed by atoms with E-state index in [4.69, 9.17) is 14.2 Å². The number of carbonyl (C=O) groups is 1. The molecule has 1 N–H and O–H groups in total. The minimum absolute atomic E-state index is 0.0720. The number of ether oxygens (including phenoxy) is 3. The quantitative estimate of drug-likeness (QED) is 0.689. The molecule has 2 aromatic rings. The number of rotatable bonds is 5. The predicted molar refractivity (Wildman–Crippen MR) is 117 cm³/mol. The van der Waals surface area contributed by atoms with Crippen LogP contribution in [0.5, 0.6) is 0 Å². The van der Waals surface area contributed by atoms with Crippen molar-refractivity contribution in [2.24, 2.45) is 0 Å². The maximum Gasteiger partial charge on any atom is 0.417 e. The number of pyridine rings is 1. The maximum absolute atomic E-state index is 14.0. The van der Waals surface area contributed by atoms with E-state index in [1.54, 1.807) is 13.0 Å². The lowest BCUT2D eigenvalue weighted by Crippen LogP contribution is -2.39. The fourth-order valence-corrected chi connectivity index (χ4v) is 3.66. The largest absolute Gasteiger partial charge is 0.450 e. The van der Waals surface area contributed by atoms with Crippen molar-refractivity contribution in [3.8, 4) is 11.4 Å². The Balaban J connectivity index is 1.77. The lowest BCUT2D eigenvalue weighted by Gasteiger charge is -2.31. The summed E-state index contributed by atoms with van der Waals surface area (Å²) in [7, 11) is 0. The van der Waals surface area contributed by atoms with Crippen LogP contribution < -0.4 is 15.1 Å². The van der Waals surface area contributed by atoms with Crippen molar-refractivity contribution in [1.29, 1.82) is 0 Å². The monoisotopic (exact) mass is 482 g/mol. The van der Waals surface area contributed by atoms with Crippen LogP contribution in [0, 0.1) is 0 Å². The summed E-state index contributed by atoms with van der Waals surface area (Å²) in [5.74, 6) is 0.633. The molecule has 10 nitrogen and oxygen atoms in total. The van der Waals surface area contributed by atoms with Crippen LogP contribution in [0.2, 0.25) is 0 Å². The molecule has 2 saturated heterocycles. The summed E-state index contributed by atoms with van der Waals surface area (Å²) in [4.78, 5) is 28.5. The van der Waals surface area contributed by atoms with Gasteiger partial charge in [0.15, 0.2) is 5.82 Å². The molecular weight excluding hydrogens is 457 g/mol. The standard InChI is InChI=1S/C21H25F3N6O4/c1-2-34-20(31)26-16-11-15(21(22,23)24)14(13-25-16)19-27-17(29-3-7-32-8-4-29)12-18(28-19)30-5-9-33-10-6-30/h11-13H,2-10H2,1H3,(H,25,26,31). The van der Waals surface area contributed by atoms with Crippen molar-refractivity contribution in [2.75, 3.05) is 74.3 Å². The number of alkyl halides is 3. The van der Waals surface area contributed by atoms with Crippen LogP contribution in [-0.2, 0) is 20.4 Å². The van der Waals surface area contributed by atoms with E-state index in [2.05, 4.69) is 20.3 Å². The van der Waals surface area contributed by atoms with Gasteiger partial charge in [0.1, 0.15) is 17.5 Å². The highest BCUT2D eigenvalue weighted by Crippen LogP contribution is 2.38. The molecule has 2 fully saturated rings. The molecule has 2 aliphatic rings. The summed E-state index contributed by atoms with van der Waals surface area (Å²) >= 11 is 0. The van der Waals surface area contributed by atoms with Crippen molar-refractivity contribution >= 4 is 23.5 Å².